The first-order valence-electron chi connectivity index (χ1n) is 6.06. The number of anilines is 1. The molecule has 2 rings (SSSR count). The maximum Gasteiger partial charge on any atom is 0.218 e. The summed E-state index contributed by atoms with van der Waals surface area (Å²) in [6, 6.07) is 2.39. The average Bonchev–Trinajstić information content (AvgIpc) is 2.77. The number of methoxy groups -OCH3 is 1. The highest BCUT2D eigenvalue weighted by molar-refractivity contribution is 7.99. The molecule has 17 heavy (non-hydrogen) atoms. The van der Waals surface area contributed by atoms with Crippen molar-refractivity contribution in [2.24, 2.45) is 0 Å². The Morgan fingerprint density at radius 2 is 2.35 bits per heavy atom. The SMILES string of the molecule is CCSC1CCC(Nc2cc(OC)ncn2)C1. The second kappa shape index (κ2) is 6.10. The molecule has 5 heteroatoms. The largest absolute Gasteiger partial charge is 0.481 e. The summed E-state index contributed by atoms with van der Waals surface area (Å²) < 4.78 is 5.08. The third kappa shape index (κ3) is 3.49. The second-order valence-electron chi connectivity index (χ2n) is 4.18. The Labute approximate surface area is 107 Å². The van der Waals surface area contributed by atoms with E-state index in [1.54, 1.807) is 7.11 Å². The van der Waals surface area contributed by atoms with E-state index in [4.69, 9.17) is 4.74 Å². The molecule has 4 nitrogen and oxygen atoms in total. The predicted octanol–water partition coefficient (Wildman–Crippen LogP) is 2.57. The summed E-state index contributed by atoms with van der Waals surface area (Å²) >= 11 is 2.06. The summed E-state index contributed by atoms with van der Waals surface area (Å²) in [6.45, 7) is 2.22. The average molecular weight is 253 g/mol. The fourth-order valence-electron chi connectivity index (χ4n) is 2.20. The van der Waals surface area contributed by atoms with E-state index in [1.807, 2.05) is 6.07 Å². The summed E-state index contributed by atoms with van der Waals surface area (Å²) in [5, 5.41) is 4.27. The van der Waals surface area contributed by atoms with Crippen LogP contribution in [0, 0.1) is 0 Å². The lowest BCUT2D eigenvalue weighted by Crippen LogP contribution is -2.17. The van der Waals surface area contributed by atoms with E-state index >= 15 is 0 Å². The summed E-state index contributed by atoms with van der Waals surface area (Å²) in [7, 11) is 1.62. The van der Waals surface area contributed by atoms with Crippen molar-refractivity contribution in [3.8, 4) is 5.88 Å². The number of thioether (sulfide) groups is 1. The van der Waals surface area contributed by atoms with Crippen molar-refractivity contribution in [1.29, 1.82) is 0 Å². The topological polar surface area (TPSA) is 47.0 Å². The third-order valence-electron chi connectivity index (χ3n) is 2.99. The molecule has 1 aliphatic carbocycles. The van der Waals surface area contributed by atoms with Gasteiger partial charge in [-0.2, -0.15) is 11.8 Å². The minimum atomic E-state index is 0.540. The molecule has 0 saturated heterocycles. The Bertz CT molecular complexity index is 361. The van der Waals surface area contributed by atoms with E-state index in [-0.39, 0.29) is 0 Å². The van der Waals surface area contributed by atoms with Crippen LogP contribution in [0.15, 0.2) is 12.4 Å². The first kappa shape index (κ1) is 12.5. The number of rotatable bonds is 5. The lowest BCUT2D eigenvalue weighted by Gasteiger charge is -2.13. The van der Waals surface area contributed by atoms with Gasteiger partial charge in [-0.25, -0.2) is 9.97 Å². The van der Waals surface area contributed by atoms with Gasteiger partial charge in [-0.05, 0) is 25.0 Å². The van der Waals surface area contributed by atoms with Crippen LogP contribution in [-0.4, -0.2) is 34.1 Å². The van der Waals surface area contributed by atoms with Crippen molar-refractivity contribution in [3.05, 3.63) is 12.4 Å². The first-order valence-corrected chi connectivity index (χ1v) is 7.11. The Kier molecular flexibility index (Phi) is 4.48. The highest BCUT2D eigenvalue weighted by atomic mass is 32.2. The lowest BCUT2D eigenvalue weighted by atomic mass is 10.2. The van der Waals surface area contributed by atoms with Crippen LogP contribution in [0.25, 0.3) is 0 Å². The van der Waals surface area contributed by atoms with Crippen LogP contribution < -0.4 is 10.1 Å². The number of aromatic nitrogens is 2. The number of hydrogen-bond acceptors (Lipinski definition) is 5. The lowest BCUT2D eigenvalue weighted by molar-refractivity contribution is 0.397. The van der Waals surface area contributed by atoms with Crippen LogP contribution >= 0.6 is 11.8 Å². The molecule has 2 atom stereocenters. The first-order chi connectivity index (χ1) is 8.31. The van der Waals surface area contributed by atoms with Gasteiger partial charge in [0.2, 0.25) is 5.88 Å². The normalized spacial score (nSPS) is 23.6. The van der Waals surface area contributed by atoms with E-state index < -0.39 is 0 Å². The Hall–Kier alpha value is -0.970. The van der Waals surface area contributed by atoms with Crippen molar-refractivity contribution in [2.75, 3.05) is 18.2 Å². The van der Waals surface area contributed by atoms with Gasteiger partial charge in [0.25, 0.3) is 0 Å². The monoisotopic (exact) mass is 253 g/mol. The van der Waals surface area contributed by atoms with Crippen molar-refractivity contribution >= 4 is 17.6 Å². The number of ether oxygens (including phenoxy) is 1. The Morgan fingerprint density at radius 3 is 3.12 bits per heavy atom. The maximum absolute atomic E-state index is 5.08. The molecular formula is C12H19N3OS. The van der Waals surface area contributed by atoms with E-state index in [0.717, 1.165) is 11.1 Å². The summed E-state index contributed by atoms with van der Waals surface area (Å²) in [6.07, 6.45) is 5.29. The zero-order chi connectivity index (χ0) is 12.1. The molecule has 1 fully saturated rings. The smallest absolute Gasteiger partial charge is 0.218 e. The zero-order valence-corrected chi connectivity index (χ0v) is 11.2. The van der Waals surface area contributed by atoms with Crippen molar-refractivity contribution in [2.45, 2.75) is 37.5 Å². The molecule has 1 N–H and O–H groups in total. The molecule has 0 spiro atoms. The van der Waals surface area contributed by atoms with Gasteiger partial charge >= 0.3 is 0 Å². The van der Waals surface area contributed by atoms with Crippen molar-refractivity contribution < 1.29 is 4.74 Å². The molecule has 1 saturated carbocycles. The molecule has 1 aromatic heterocycles. The maximum atomic E-state index is 5.08. The summed E-state index contributed by atoms with van der Waals surface area (Å²) in [5.74, 6) is 2.68. The zero-order valence-electron chi connectivity index (χ0n) is 10.3. The minimum absolute atomic E-state index is 0.540. The van der Waals surface area contributed by atoms with Crippen LogP contribution in [0.1, 0.15) is 26.2 Å². The predicted molar refractivity (Wildman–Crippen MR) is 71.8 cm³/mol. The molecule has 1 heterocycles. The molecule has 1 aliphatic rings. The molecule has 2 unspecified atom stereocenters. The molecule has 0 aliphatic heterocycles. The highest BCUT2D eigenvalue weighted by Crippen LogP contribution is 2.31. The molecule has 0 bridgehead atoms. The van der Waals surface area contributed by atoms with Gasteiger partial charge in [0, 0.05) is 17.4 Å². The molecule has 0 aromatic carbocycles. The molecule has 0 radical (unpaired) electrons. The molecule has 1 aromatic rings. The highest BCUT2D eigenvalue weighted by Gasteiger charge is 2.24. The summed E-state index contributed by atoms with van der Waals surface area (Å²) in [4.78, 5) is 8.21. The van der Waals surface area contributed by atoms with Crippen LogP contribution in [0.4, 0.5) is 5.82 Å². The van der Waals surface area contributed by atoms with E-state index in [1.165, 1.54) is 31.3 Å². The van der Waals surface area contributed by atoms with Gasteiger partial charge in [-0.15, -0.1) is 0 Å². The summed E-state index contributed by atoms with van der Waals surface area (Å²) in [5.41, 5.74) is 0. The van der Waals surface area contributed by atoms with Gasteiger partial charge in [0.1, 0.15) is 12.1 Å². The fourth-order valence-corrected chi connectivity index (χ4v) is 3.34. The van der Waals surface area contributed by atoms with Crippen LogP contribution in [0.5, 0.6) is 5.88 Å². The van der Waals surface area contributed by atoms with Crippen molar-refractivity contribution in [3.63, 3.8) is 0 Å². The third-order valence-corrected chi connectivity index (χ3v) is 4.22. The van der Waals surface area contributed by atoms with Crippen LogP contribution in [0.3, 0.4) is 0 Å². The number of nitrogens with zero attached hydrogens (tertiary/aromatic N) is 2. The molecule has 0 amide bonds. The number of hydrogen-bond donors (Lipinski definition) is 1. The minimum Gasteiger partial charge on any atom is -0.481 e. The number of nitrogens with one attached hydrogen (secondary N) is 1. The fraction of sp³-hybridized carbons (Fsp3) is 0.667. The van der Waals surface area contributed by atoms with E-state index in [0.29, 0.717) is 11.9 Å². The van der Waals surface area contributed by atoms with Gasteiger partial charge in [-0.3, -0.25) is 0 Å². The van der Waals surface area contributed by atoms with Gasteiger partial charge in [-0.1, -0.05) is 6.92 Å². The Balaban J connectivity index is 1.88. The second-order valence-corrected chi connectivity index (χ2v) is 5.75. The van der Waals surface area contributed by atoms with E-state index in [2.05, 4.69) is 34.0 Å². The molecular weight excluding hydrogens is 234 g/mol. The van der Waals surface area contributed by atoms with Gasteiger partial charge in [0.05, 0.1) is 7.11 Å². The van der Waals surface area contributed by atoms with Gasteiger partial charge < -0.3 is 10.1 Å². The Morgan fingerprint density at radius 1 is 1.47 bits per heavy atom. The van der Waals surface area contributed by atoms with Crippen molar-refractivity contribution in [1.82, 2.24) is 9.97 Å². The molecule has 94 valence electrons. The quantitative estimate of drug-likeness (QED) is 0.874. The van der Waals surface area contributed by atoms with E-state index in [9.17, 15) is 0 Å². The van der Waals surface area contributed by atoms with Crippen LogP contribution in [-0.2, 0) is 0 Å². The van der Waals surface area contributed by atoms with Crippen LogP contribution in [0.2, 0.25) is 0 Å². The van der Waals surface area contributed by atoms with Gasteiger partial charge in [0.15, 0.2) is 0 Å². The standard InChI is InChI=1S/C12H19N3OS/c1-3-17-10-5-4-9(6-10)15-11-7-12(16-2)14-8-13-11/h7-10H,3-6H2,1-2H3,(H,13,14,15).